The zero-order valence-corrected chi connectivity index (χ0v) is 12.7. The van der Waals surface area contributed by atoms with E-state index >= 15 is 0 Å². The van der Waals surface area contributed by atoms with E-state index in [-0.39, 0.29) is 5.82 Å². The van der Waals surface area contributed by atoms with Gasteiger partial charge in [-0.05, 0) is 50.8 Å². The molecule has 1 unspecified atom stereocenters. The molecule has 0 aliphatic heterocycles. The van der Waals surface area contributed by atoms with Crippen molar-refractivity contribution in [3.63, 3.8) is 0 Å². The fourth-order valence-corrected chi connectivity index (χ4v) is 2.85. The van der Waals surface area contributed by atoms with E-state index < -0.39 is 11.6 Å². The Labute approximate surface area is 116 Å². The summed E-state index contributed by atoms with van der Waals surface area (Å²) in [5.74, 6) is -0.226. The van der Waals surface area contributed by atoms with E-state index in [1.807, 2.05) is 40.7 Å². The summed E-state index contributed by atoms with van der Waals surface area (Å²) in [7, 11) is 0. The molecule has 0 spiro atoms. The second-order valence-corrected chi connectivity index (χ2v) is 5.16. The highest BCUT2D eigenvalue weighted by molar-refractivity contribution is 5.35. The Morgan fingerprint density at radius 2 is 1.79 bits per heavy atom. The molecule has 2 nitrogen and oxygen atoms in total. The van der Waals surface area contributed by atoms with Gasteiger partial charge in [-0.25, -0.2) is 4.39 Å². The van der Waals surface area contributed by atoms with Crippen LogP contribution in [-0.4, -0.2) is 12.2 Å². The third-order valence-corrected chi connectivity index (χ3v) is 3.99. The fourth-order valence-electron chi connectivity index (χ4n) is 2.85. The monoisotopic (exact) mass is 267 g/mol. The zero-order chi connectivity index (χ0) is 14.6. The average Bonchev–Trinajstić information content (AvgIpc) is 2.34. The van der Waals surface area contributed by atoms with Gasteiger partial charge in [-0.1, -0.05) is 19.9 Å². The summed E-state index contributed by atoms with van der Waals surface area (Å²) < 4.78 is 20.2. The topological polar surface area (TPSA) is 35.2 Å². The van der Waals surface area contributed by atoms with Crippen molar-refractivity contribution in [2.24, 2.45) is 5.73 Å². The molecule has 0 bridgehead atoms. The van der Waals surface area contributed by atoms with Gasteiger partial charge in [0, 0.05) is 12.2 Å². The Balaban J connectivity index is 3.27. The van der Waals surface area contributed by atoms with Crippen LogP contribution < -0.4 is 5.73 Å². The molecule has 3 heteroatoms. The first-order valence-electron chi connectivity index (χ1n) is 7.08. The van der Waals surface area contributed by atoms with Crippen LogP contribution in [0.2, 0.25) is 0 Å². The lowest BCUT2D eigenvalue weighted by molar-refractivity contribution is -0.0653. The van der Waals surface area contributed by atoms with Gasteiger partial charge >= 0.3 is 0 Å². The number of hydrogen-bond donors (Lipinski definition) is 1. The van der Waals surface area contributed by atoms with Gasteiger partial charge in [-0.3, -0.25) is 0 Å². The lowest BCUT2D eigenvalue weighted by Gasteiger charge is -2.38. The minimum absolute atomic E-state index is 0.226. The summed E-state index contributed by atoms with van der Waals surface area (Å²) in [6.45, 7) is 10.4. The molecule has 19 heavy (non-hydrogen) atoms. The molecule has 1 aromatic rings. The van der Waals surface area contributed by atoms with Gasteiger partial charge in [0.15, 0.2) is 0 Å². The molecule has 0 aromatic heterocycles. The molecule has 2 N–H and O–H groups in total. The molecule has 0 radical (unpaired) electrons. The van der Waals surface area contributed by atoms with Gasteiger partial charge in [-0.15, -0.1) is 0 Å². The van der Waals surface area contributed by atoms with E-state index in [0.29, 0.717) is 12.2 Å². The minimum Gasteiger partial charge on any atom is -0.373 e. The summed E-state index contributed by atoms with van der Waals surface area (Å²) in [6, 6.07) is 3.08. The van der Waals surface area contributed by atoms with Crippen molar-refractivity contribution in [3.8, 4) is 0 Å². The van der Waals surface area contributed by atoms with Crippen molar-refractivity contribution in [2.45, 2.75) is 59.1 Å². The van der Waals surface area contributed by atoms with Gasteiger partial charge in [0.2, 0.25) is 0 Å². The van der Waals surface area contributed by atoms with Crippen LogP contribution >= 0.6 is 0 Å². The molecule has 0 heterocycles. The summed E-state index contributed by atoms with van der Waals surface area (Å²) in [4.78, 5) is 0. The van der Waals surface area contributed by atoms with E-state index in [2.05, 4.69) is 0 Å². The predicted octanol–water partition coefficient (Wildman–Crippen LogP) is 4.04. The van der Waals surface area contributed by atoms with Crippen LogP contribution in [-0.2, 0) is 4.74 Å². The molecular formula is C16H26FNO. The van der Waals surface area contributed by atoms with Crippen molar-refractivity contribution >= 4 is 0 Å². The molecule has 0 aliphatic carbocycles. The smallest absolute Gasteiger partial charge is 0.128 e. The molecule has 0 fully saturated rings. The minimum atomic E-state index is -0.490. The van der Waals surface area contributed by atoms with Gasteiger partial charge < -0.3 is 10.5 Å². The van der Waals surface area contributed by atoms with E-state index in [9.17, 15) is 4.39 Å². The molecule has 0 saturated carbocycles. The molecule has 108 valence electrons. The van der Waals surface area contributed by atoms with Gasteiger partial charge in [0.05, 0.1) is 11.6 Å². The second kappa shape index (κ2) is 6.49. The third-order valence-electron chi connectivity index (χ3n) is 3.99. The fraction of sp³-hybridized carbons (Fsp3) is 0.625. The Hall–Kier alpha value is -0.930. The number of rotatable bonds is 6. The Morgan fingerprint density at radius 1 is 1.21 bits per heavy atom. The number of hydrogen-bond acceptors (Lipinski definition) is 2. The van der Waals surface area contributed by atoms with Crippen LogP contribution in [0.1, 0.15) is 56.3 Å². The lowest BCUT2D eigenvalue weighted by atomic mass is 9.82. The van der Waals surface area contributed by atoms with Crippen LogP contribution in [0, 0.1) is 19.7 Å². The molecular weight excluding hydrogens is 241 g/mol. The highest BCUT2D eigenvalue weighted by Gasteiger charge is 2.37. The first kappa shape index (κ1) is 16.1. The first-order chi connectivity index (χ1) is 8.91. The van der Waals surface area contributed by atoms with E-state index in [1.165, 1.54) is 0 Å². The van der Waals surface area contributed by atoms with Gasteiger partial charge in [-0.2, -0.15) is 0 Å². The third kappa shape index (κ3) is 3.15. The maximum Gasteiger partial charge on any atom is 0.128 e. The summed E-state index contributed by atoms with van der Waals surface area (Å²) in [6.07, 6.45) is 1.54. The number of halogens is 1. The van der Waals surface area contributed by atoms with Crippen LogP contribution in [0.25, 0.3) is 0 Å². The van der Waals surface area contributed by atoms with E-state index in [4.69, 9.17) is 10.5 Å². The van der Waals surface area contributed by atoms with Crippen LogP contribution in [0.15, 0.2) is 12.1 Å². The molecule has 1 aromatic carbocycles. The van der Waals surface area contributed by atoms with E-state index in [1.54, 1.807) is 6.07 Å². The van der Waals surface area contributed by atoms with Crippen molar-refractivity contribution in [1.82, 2.24) is 0 Å². The van der Waals surface area contributed by atoms with Crippen LogP contribution in [0.3, 0.4) is 0 Å². The molecule has 0 saturated heterocycles. The summed E-state index contributed by atoms with van der Waals surface area (Å²) >= 11 is 0. The number of benzene rings is 1. The molecule has 1 rings (SSSR count). The summed E-state index contributed by atoms with van der Waals surface area (Å²) in [5.41, 5.74) is 8.28. The Bertz CT molecular complexity index is 404. The normalized spacial score (nSPS) is 13.6. The number of aryl methyl sites for hydroxylation is 2. The van der Waals surface area contributed by atoms with Crippen molar-refractivity contribution in [1.29, 1.82) is 0 Å². The number of nitrogens with two attached hydrogens (primary N) is 1. The molecule has 0 amide bonds. The quantitative estimate of drug-likeness (QED) is 0.844. The molecule has 0 aliphatic rings. The first-order valence-corrected chi connectivity index (χ1v) is 7.08. The maximum absolute atomic E-state index is 14.3. The van der Waals surface area contributed by atoms with Crippen molar-refractivity contribution in [3.05, 3.63) is 34.6 Å². The molecule has 1 atom stereocenters. The average molecular weight is 267 g/mol. The maximum atomic E-state index is 14.3. The number of ether oxygens (including phenoxy) is 1. The SMILES string of the molecule is CCOC(CC)(CC)C(N)c1c(C)cc(C)cc1F. The Kier molecular flexibility index (Phi) is 5.50. The van der Waals surface area contributed by atoms with Crippen LogP contribution in [0.5, 0.6) is 0 Å². The lowest BCUT2D eigenvalue weighted by Crippen LogP contribution is -2.43. The van der Waals surface area contributed by atoms with Crippen molar-refractivity contribution in [2.75, 3.05) is 6.61 Å². The van der Waals surface area contributed by atoms with Crippen LogP contribution in [0.4, 0.5) is 4.39 Å². The van der Waals surface area contributed by atoms with E-state index in [0.717, 1.165) is 24.0 Å². The van der Waals surface area contributed by atoms with Gasteiger partial charge in [0.1, 0.15) is 5.82 Å². The highest BCUT2D eigenvalue weighted by Crippen LogP contribution is 2.36. The highest BCUT2D eigenvalue weighted by atomic mass is 19.1. The largest absolute Gasteiger partial charge is 0.373 e. The summed E-state index contributed by atoms with van der Waals surface area (Å²) in [5, 5.41) is 0. The second-order valence-electron chi connectivity index (χ2n) is 5.16. The van der Waals surface area contributed by atoms with Gasteiger partial charge in [0.25, 0.3) is 0 Å². The zero-order valence-electron chi connectivity index (χ0n) is 12.7. The predicted molar refractivity (Wildman–Crippen MR) is 77.7 cm³/mol. The van der Waals surface area contributed by atoms with Crippen molar-refractivity contribution < 1.29 is 9.13 Å². The Morgan fingerprint density at radius 3 is 2.21 bits per heavy atom. The standard InChI is InChI=1S/C16H26FNO/c1-6-16(7-2,19-8-3)15(18)14-12(5)9-11(4)10-13(14)17/h9-10,15H,6-8,18H2,1-5H3.